The van der Waals surface area contributed by atoms with Crippen molar-refractivity contribution < 1.29 is 28.9 Å². The van der Waals surface area contributed by atoms with Crippen molar-refractivity contribution >= 4 is 11.9 Å². The minimum Gasteiger partial charge on any atom is -0.463 e. The molecule has 0 unspecified atom stereocenters. The van der Waals surface area contributed by atoms with Crippen molar-refractivity contribution in [1.29, 1.82) is 0 Å². The largest absolute Gasteiger partial charge is 0.463 e. The van der Waals surface area contributed by atoms with E-state index in [0.29, 0.717) is 6.42 Å². The van der Waals surface area contributed by atoms with Crippen LogP contribution in [0.1, 0.15) is 200 Å². The van der Waals surface area contributed by atoms with Crippen LogP contribution in [-0.2, 0) is 23.8 Å². The summed E-state index contributed by atoms with van der Waals surface area (Å²) in [6, 6.07) is 1.16. The van der Waals surface area contributed by atoms with Gasteiger partial charge >= 0.3 is 17.6 Å². The minimum atomic E-state index is -1.33. The summed E-state index contributed by atoms with van der Waals surface area (Å²) < 4.78 is 18.1. The molecule has 0 saturated carbocycles. The van der Waals surface area contributed by atoms with Gasteiger partial charge in [0.15, 0.2) is 12.3 Å². The van der Waals surface area contributed by atoms with Crippen molar-refractivity contribution in [3.8, 4) is 0 Å². The van der Waals surface area contributed by atoms with Crippen LogP contribution in [0.15, 0.2) is 21.9 Å². The van der Waals surface area contributed by atoms with Crippen LogP contribution in [0.3, 0.4) is 0 Å². The number of nitrogens with one attached hydrogen (secondary N) is 1. The van der Waals surface area contributed by atoms with Gasteiger partial charge < -0.3 is 19.3 Å². The molecule has 10 heteroatoms. The van der Waals surface area contributed by atoms with Crippen molar-refractivity contribution in [2.24, 2.45) is 0 Å². The van der Waals surface area contributed by atoms with E-state index in [4.69, 9.17) is 14.2 Å². The molecule has 0 bridgehead atoms. The lowest BCUT2D eigenvalue weighted by Gasteiger charge is -2.22. The zero-order chi connectivity index (χ0) is 36.9. The molecule has 1 aliphatic rings. The average Bonchev–Trinajstić information content (AvgIpc) is 3.41. The highest BCUT2D eigenvalue weighted by molar-refractivity contribution is 5.70. The standard InChI is InChI=1S/C41H72N2O8/c1-3-5-7-9-11-13-15-17-19-21-23-25-27-29-36(45)49-33-34-38(47)39(40(50-34)43-32-31-35(44)42-41(43)48)51-37(46)30-28-26-24-22-20-18-16-14-12-10-8-6-4-2/h31-32,34,38-40,47H,3-30,33H2,1-2H3,(H,42,44,48)/t34-,38-,39-,40-/m1/s1. The maximum atomic E-state index is 12.8. The molecule has 51 heavy (non-hydrogen) atoms. The molecule has 1 aromatic heterocycles. The molecule has 2 rings (SSSR count). The number of aromatic nitrogens is 2. The fourth-order valence-electron chi connectivity index (χ4n) is 6.87. The zero-order valence-electron chi connectivity index (χ0n) is 32.2. The van der Waals surface area contributed by atoms with Crippen LogP contribution in [0.4, 0.5) is 0 Å². The Morgan fingerprint density at radius 1 is 0.667 bits per heavy atom. The Bertz CT molecular complexity index is 1150. The number of ether oxygens (including phenoxy) is 3. The number of aliphatic hydroxyl groups is 1. The number of nitrogens with zero attached hydrogens (tertiary/aromatic N) is 1. The van der Waals surface area contributed by atoms with E-state index in [1.165, 1.54) is 128 Å². The average molecular weight is 721 g/mol. The summed E-state index contributed by atoms with van der Waals surface area (Å²) in [5.74, 6) is -0.872. The van der Waals surface area contributed by atoms with E-state index in [0.717, 1.165) is 49.2 Å². The summed E-state index contributed by atoms with van der Waals surface area (Å²) in [7, 11) is 0. The van der Waals surface area contributed by atoms with Crippen LogP contribution in [0.5, 0.6) is 0 Å². The van der Waals surface area contributed by atoms with E-state index in [1.54, 1.807) is 0 Å². The van der Waals surface area contributed by atoms with Crippen molar-refractivity contribution in [2.45, 2.75) is 218 Å². The van der Waals surface area contributed by atoms with Crippen LogP contribution in [0, 0.1) is 0 Å². The van der Waals surface area contributed by atoms with Gasteiger partial charge in [-0.25, -0.2) is 4.79 Å². The molecule has 1 aromatic rings. The Morgan fingerprint density at radius 3 is 1.51 bits per heavy atom. The number of esters is 2. The molecule has 0 aromatic carbocycles. The van der Waals surface area contributed by atoms with Gasteiger partial charge in [-0.2, -0.15) is 0 Å². The normalized spacial score (nSPS) is 18.6. The lowest BCUT2D eigenvalue weighted by Crippen LogP contribution is -2.40. The fraction of sp³-hybridized carbons (Fsp3) is 0.854. The minimum absolute atomic E-state index is 0.187. The second-order valence-electron chi connectivity index (χ2n) is 14.7. The summed E-state index contributed by atoms with van der Waals surface area (Å²) in [5, 5.41) is 11.1. The van der Waals surface area contributed by atoms with Gasteiger partial charge in [-0.3, -0.25) is 23.9 Å². The van der Waals surface area contributed by atoms with Gasteiger partial charge in [0.25, 0.3) is 5.56 Å². The Kier molecular flexibility index (Phi) is 25.5. The van der Waals surface area contributed by atoms with Gasteiger partial charge in [0.2, 0.25) is 0 Å². The van der Waals surface area contributed by atoms with Gasteiger partial charge in [-0.1, -0.05) is 168 Å². The van der Waals surface area contributed by atoms with Crippen molar-refractivity contribution in [3.05, 3.63) is 33.1 Å². The SMILES string of the molecule is CCCCCCCCCCCCCCCC(=O)OC[C@H]1O[C@@H](n2ccc(=O)[nH]c2=O)[C@H](OC(=O)CCCCCCCCCCCCCCC)[C@@H]1O. The van der Waals surface area contributed by atoms with E-state index in [9.17, 15) is 24.3 Å². The highest BCUT2D eigenvalue weighted by Crippen LogP contribution is 2.32. The van der Waals surface area contributed by atoms with E-state index < -0.39 is 41.8 Å². The molecule has 1 fully saturated rings. The van der Waals surface area contributed by atoms with Crippen LogP contribution in [0.2, 0.25) is 0 Å². The predicted molar refractivity (Wildman–Crippen MR) is 203 cm³/mol. The highest BCUT2D eigenvalue weighted by Gasteiger charge is 2.48. The first kappa shape index (κ1) is 44.7. The molecule has 294 valence electrons. The van der Waals surface area contributed by atoms with Crippen molar-refractivity contribution in [2.75, 3.05) is 6.61 Å². The molecule has 0 spiro atoms. The third kappa shape index (κ3) is 20.4. The molecule has 0 amide bonds. The van der Waals surface area contributed by atoms with Gasteiger partial charge in [-0.05, 0) is 12.8 Å². The molecule has 2 heterocycles. The topological polar surface area (TPSA) is 137 Å². The number of H-pyrrole nitrogens is 1. The molecule has 2 N–H and O–H groups in total. The smallest absolute Gasteiger partial charge is 0.330 e. The lowest BCUT2D eigenvalue weighted by atomic mass is 10.0. The second-order valence-corrected chi connectivity index (χ2v) is 14.7. The molecule has 1 aliphatic heterocycles. The summed E-state index contributed by atoms with van der Waals surface area (Å²) in [6.45, 7) is 4.25. The summed E-state index contributed by atoms with van der Waals surface area (Å²) in [4.78, 5) is 51.7. The number of rotatable bonds is 32. The third-order valence-corrected chi connectivity index (χ3v) is 10.1. The maximum absolute atomic E-state index is 12.8. The van der Waals surface area contributed by atoms with E-state index in [-0.39, 0.29) is 25.4 Å². The third-order valence-electron chi connectivity index (χ3n) is 10.1. The molecule has 10 nitrogen and oxygen atoms in total. The number of carbonyl (C=O) groups is 2. The van der Waals surface area contributed by atoms with E-state index in [2.05, 4.69) is 18.8 Å². The van der Waals surface area contributed by atoms with Gasteiger partial charge in [0, 0.05) is 25.1 Å². The van der Waals surface area contributed by atoms with E-state index in [1.807, 2.05) is 0 Å². The fourth-order valence-corrected chi connectivity index (χ4v) is 6.87. The molecular formula is C41H72N2O8. The number of aromatic amines is 1. The quantitative estimate of drug-likeness (QED) is 0.0555. The molecule has 0 aliphatic carbocycles. The van der Waals surface area contributed by atoms with Crippen LogP contribution >= 0.6 is 0 Å². The molecule has 4 atom stereocenters. The Morgan fingerprint density at radius 2 is 1.08 bits per heavy atom. The molecule has 1 saturated heterocycles. The lowest BCUT2D eigenvalue weighted by molar-refractivity contribution is -0.159. The summed E-state index contributed by atoms with van der Waals surface area (Å²) >= 11 is 0. The molecule has 0 radical (unpaired) electrons. The second kappa shape index (κ2) is 29.0. The summed E-state index contributed by atoms with van der Waals surface area (Å²) in [6.07, 6.45) is 28.4. The monoisotopic (exact) mass is 721 g/mol. The Hall–Kier alpha value is -2.46. The Balaban J connectivity index is 1.67. The van der Waals surface area contributed by atoms with Crippen LogP contribution in [0.25, 0.3) is 0 Å². The molecular weight excluding hydrogens is 648 g/mol. The van der Waals surface area contributed by atoms with Crippen molar-refractivity contribution in [1.82, 2.24) is 9.55 Å². The first-order chi connectivity index (χ1) is 24.9. The number of carbonyl (C=O) groups excluding carboxylic acids is 2. The van der Waals surface area contributed by atoms with Gasteiger partial charge in [0.05, 0.1) is 0 Å². The zero-order valence-corrected chi connectivity index (χ0v) is 32.2. The number of hydrogen-bond donors (Lipinski definition) is 2. The maximum Gasteiger partial charge on any atom is 0.330 e. The van der Waals surface area contributed by atoms with Gasteiger partial charge in [-0.15, -0.1) is 0 Å². The number of hydrogen-bond acceptors (Lipinski definition) is 8. The number of unbranched alkanes of at least 4 members (excludes halogenated alkanes) is 24. The Labute approximate surface area is 307 Å². The first-order valence-electron chi connectivity index (χ1n) is 20.9. The number of aliphatic hydroxyl groups excluding tert-OH is 1. The van der Waals surface area contributed by atoms with E-state index >= 15 is 0 Å². The predicted octanol–water partition coefficient (Wildman–Crippen LogP) is 9.21. The highest BCUT2D eigenvalue weighted by atomic mass is 16.6. The van der Waals surface area contributed by atoms with Crippen LogP contribution in [-0.4, -0.2) is 51.5 Å². The first-order valence-corrected chi connectivity index (χ1v) is 20.9. The van der Waals surface area contributed by atoms with Crippen LogP contribution < -0.4 is 11.2 Å². The summed E-state index contributed by atoms with van der Waals surface area (Å²) in [5.41, 5.74) is -1.33. The van der Waals surface area contributed by atoms with Gasteiger partial charge in [0.1, 0.15) is 18.8 Å². The van der Waals surface area contributed by atoms with Crippen molar-refractivity contribution in [3.63, 3.8) is 0 Å².